The second kappa shape index (κ2) is 5.28. The number of nitrogen functional groups attached to an aromatic ring is 1. The summed E-state index contributed by atoms with van der Waals surface area (Å²) >= 11 is 0. The number of pyridine rings is 1. The fraction of sp³-hybridized carbons (Fsp3) is 0.125. The van der Waals surface area contributed by atoms with Crippen LogP contribution in [0.25, 0.3) is 16.9 Å². The van der Waals surface area contributed by atoms with Gasteiger partial charge in [-0.2, -0.15) is 0 Å². The molecule has 5 nitrogen and oxygen atoms in total. The maximum atomic E-state index is 5.76. The second-order valence-electron chi connectivity index (χ2n) is 4.77. The molecule has 0 aliphatic rings. The van der Waals surface area contributed by atoms with Crippen LogP contribution in [0.15, 0.2) is 49.1 Å². The van der Waals surface area contributed by atoms with Crippen LogP contribution in [-0.4, -0.2) is 21.6 Å². The van der Waals surface area contributed by atoms with Crippen molar-refractivity contribution in [3.63, 3.8) is 0 Å². The van der Waals surface area contributed by atoms with Gasteiger partial charge >= 0.3 is 0 Å². The van der Waals surface area contributed by atoms with Crippen LogP contribution in [-0.2, 0) is 0 Å². The number of methoxy groups -OCH3 is 1. The quantitative estimate of drug-likeness (QED) is 0.801. The Hall–Kier alpha value is -2.82. The summed E-state index contributed by atoms with van der Waals surface area (Å²) in [5.74, 6) is 1.36. The summed E-state index contributed by atoms with van der Waals surface area (Å²) in [6, 6.07) is 9.77. The Balaban J connectivity index is 2.09. The molecule has 3 rings (SSSR count). The minimum absolute atomic E-state index is 0.492. The van der Waals surface area contributed by atoms with E-state index in [-0.39, 0.29) is 0 Å². The lowest BCUT2D eigenvalue weighted by atomic mass is 10.1. The van der Waals surface area contributed by atoms with Crippen molar-refractivity contribution in [3.05, 3.63) is 54.6 Å². The van der Waals surface area contributed by atoms with Gasteiger partial charge in [-0.3, -0.25) is 4.57 Å². The molecule has 3 aromatic rings. The van der Waals surface area contributed by atoms with E-state index in [9.17, 15) is 0 Å². The van der Waals surface area contributed by atoms with Crippen LogP contribution in [0.5, 0.6) is 5.75 Å². The molecule has 0 saturated carbocycles. The van der Waals surface area contributed by atoms with Crippen molar-refractivity contribution in [1.82, 2.24) is 14.5 Å². The van der Waals surface area contributed by atoms with Crippen LogP contribution >= 0.6 is 0 Å². The minimum atomic E-state index is 0.492. The van der Waals surface area contributed by atoms with Gasteiger partial charge in [-0.25, -0.2) is 9.97 Å². The molecule has 0 unspecified atom stereocenters. The Labute approximate surface area is 123 Å². The van der Waals surface area contributed by atoms with Crippen LogP contribution in [0.4, 0.5) is 5.82 Å². The van der Waals surface area contributed by atoms with Gasteiger partial charge in [-0.1, -0.05) is 0 Å². The molecular formula is C16H16N4O. The largest absolute Gasteiger partial charge is 0.496 e. The van der Waals surface area contributed by atoms with Crippen LogP contribution in [0.2, 0.25) is 0 Å². The highest BCUT2D eigenvalue weighted by atomic mass is 16.5. The fourth-order valence-corrected chi connectivity index (χ4v) is 2.33. The maximum Gasteiger partial charge on any atom is 0.123 e. The van der Waals surface area contributed by atoms with E-state index in [1.54, 1.807) is 19.6 Å². The third-order valence-electron chi connectivity index (χ3n) is 3.37. The van der Waals surface area contributed by atoms with E-state index in [1.807, 2.05) is 42.0 Å². The molecule has 2 N–H and O–H groups in total. The van der Waals surface area contributed by atoms with Crippen molar-refractivity contribution in [2.45, 2.75) is 6.92 Å². The molecule has 0 aliphatic carbocycles. The first-order valence-electron chi connectivity index (χ1n) is 6.58. The molecule has 2 aromatic heterocycles. The maximum absolute atomic E-state index is 5.76. The minimum Gasteiger partial charge on any atom is -0.496 e. The number of hydrogen-bond acceptors (Lipinski definition) is 4. The topological polar surface area (TPSA) is 66.0 Å². The van der Waals surface area contributed by atoms with Gasteiger partial charge in [0.05, 0.1) is 25.3 Å². The van der Waals surface area contributed by atoms with Gasteiger partial charge in [0.25, 0.3) is 0 Å². The van der Waals surface area contributed by atoms with E-state index >= 15 is 0 Å². The molecule has 0 spiro atoms. The molecule has 0 aliphatic heterocycles. The lowest BCUT2D eigenvalue weighted by molar-refractivity contribution is 0.411. The predicted octanol–water partition coefficient (Wildman–Crippen LogP) is 2.83. The van der Waals surface area contributed by atoms with Gasteiger partial charge in [0, 0.05) is 17.4 Å². The summed E-state index contributed by atoms with van der Waals surface area (Å²) in [6.07, 6.45) is 5.29. The zero-order valence-corrected chi connectivity index (χ0v) is 11.9. The van der Waals surface area contributed by atoms with E-state index < -0.39 is 0 Å². The second-order valence-corrected chi connectivity index (χ2v) is 4.77. The Morgan fingerprint density at radius 2 is 2.05 bits per heavy atom. The number of hydrogen-bond donors (Lipinski definition) is 1. The molecule has 0 atom stereocenters. The molecular weight excluding hydrogens is 264 g/mol. The first-order chi connectivity index (χ1) is 10.2. The highest BCUT2D eigenvalue weighted by molar-refractivity contribution is 5.64. The Kier molecular flexibility index (Phi) is 3.31. The first kappa shape index (κ1) is 13.2. The molecule has 1 aromatic carbocycles. The van der Waals surface area contributed by atoms with Crippen LogP contribution < -0.4 is 10.5 Å². The van der Waals surface area contributed by atoms with Crippen molar-refractivity contribution >= 4 is 5.82 Å². The standard InChI is InChI=1S/C16H16N4O/c1-11-7-13(3-4-15(11)21-2)20-10-18-9-14(20)12-5-6-19-16(17)8-12/h3-10H,1-2H3,(H2,17,19). The average molecular weight is 280 g/mol. The highest BCUT2D eigenvalue weighted by Crippen LogP contribution is 2.26. The van der Waals surface area contributed by atoms with Gasteiger partial charge < -0.3 is 10.5 Å². The number of rotatable bonds is 3. The first-order valence-corrected chi connectivity index (χ1v) is 6.58. The van der Waals surface area contributed by atoms with Crippen molar-refractivity contribution in [1.29, 1.82) is 0 Å². The lowest BCUT2D eigenvalue weighted by Gasteiger charge is -2.11. The fourth-order valence-electron chi connectivity index (χ4n) is 2.33. The van der Waals surface area contributed by atoms with E-state index in [0.717, 1.165) is 28.3 Å². The molecule has 106 valence electrons. The summed E-state index contributed by atoms with van der Waals surface area (Å²) in [7, 11) is 1.67. The number of nitrogens with two attached hydrogens (primary N) is 1. The number of aromatic nitrogens is 3. The Morgan fingerprint density at radius 1 is 1.19 bits per heavy atom. The predicted molar refractivity (Wildman–Crippen MR) is 82.5 cm³/mol. The number of nitrogens with zero attached hydrogens (tertiary/aromatic N) is 3. The zero-order valence-electron chi connectivity index (χ0n) is 11.9. The summed E-state index contributed by atoms with van der Waals surface area (Å²) < 4.78 is 7.31. The zero-order chi connectivity index (χ0) is 14.8. The van der Waals surface area contributed by atoms with Crippen molar-refractivity contribution in [2.75, 3.05) is 12.8 Å². The molecule has 0 fully saturated rings. The number of ether oxygens (including phenoxy) is 1. The van der Waals surface area contributed by atoms with Gasteiger partial charge in [-0.15, -0.1) is 0 Å². The monoisotopic (exact) mass is 280 g/mol. The summed E-state index contributed by atoms with van der Waals surface area (Å²) in [5, 5.41) is 0. The van der Waals surface area contributed by atoms with Crippen molar-refractivity contribution in [2.24, 2.45) is 0 Å². The number of aryl methyl sites for hydroxylation is 1. The summed E-state index contributed by atoms with van der Waals surface area (Å²) in [5.41, 5.74) is 9.80. The van der Waals surface area contributed by atoms with Crippen molar-refractivity contribution in [3.8, 4) is 22.7 Å². The van der Waals surface area contributed by atoms with Gasteiger partial charge in [0.2, 0.25) is 0 Å². The van der Waals surface area contributed by atoms with E-state index in [4.69, 9.17) is 10.5 Å². The van der Waals surface area contributed by atoms with Crippen molar-refractivity contribution < 1.29 is 4.74 Å². The average Bonchev–Trinajstić information content (AvgIpc) is 2.96. The third-order valence-corrected chi connectivity index (χ3v) is 3.37. The van der Waals surface area contributed by atoms with E-state index in [0.29, 0.717) is 5.82 Å². The van der Waals surface area contributed by atoms with Crippen LogP contribution in [0.3, 0.4) is 0 Å². The molecule has 0 bridgehead atoms. The van der Waals surface area contributed by atoms with Crippen LogP contribution in [0.1, 0.15) is 5.56 Å². The molecule has 0 amide bonds. The number of anilines is 1. The number of imidazole rings is 1. The molecule has 2 heterocycles. The number of benzene rings is 1. The smallest absolute Gasteiger partial charge is 0.123 e. The van der Waals surface area contributed by atoms with Crippen LogP contribution in [0, 0.1) is 6.92 Å². The van der Waals surface area contributed by atoms with E-state index in [2.05, 4.69) is 16.0 Å². The SMILES string of the molecule is COc1ccc(-n2cncc2-c2ccnc(N)c2)cc1C. The van der Waals surface area contributed by atoms with Gasteiger partial charge in [0.1, 0.15) is 11.6 Å². The van der Waals surface area contributed by atoms with Gasteiger partial charge in [0.15, 0.2) is 0 Å². The molecule has 21 heavy (non-hydrogen) atoms. The van der Waals surface area contributed by atoms with Gasteiger partial charge in [-0.05, 0) is 42.8 Å². The molecule has 0 saturated heterocycles. The summed E-state index contributed by atoms with van der Waals surface area (Å²) in [4.78, 5) is 8.27. The molecule has 0 radical (unpaired) electrons. The highest BCUT2D eigenvalue weighted by Gasteiger charge is 2.09. The lowest BCUT2D eigenvalue weighted by Crippen LogP contribution is -1.98. The Bertz CT molecular complexity index is 779. The normalized spacial score (nSPS) is 10.6. The summed E-state index contributed by atoms with van der Waals surface area (Å²) in [6.45, 7) is 2.02. The molecule has 5 heteroatoms. The van der Waals surface area contributed by atoms with E-state index in [1.165, 1.54) is 0 Å². The third kappa shape index (κ3) is 2.45. The Morgan fingerprint density at radius 3 is 2.76 bits per heavy atom.